The first-order valence-electron chi connectivity index (χ1n) is 7.34. The molecule has 2 N–H and O–H groups in total. The Morgan fingerprint density at radius 2 is 1.80 bits per heavy atom. The topological polar surface area (TPSA) is 102 Å². The molecule has 0 spiro atoms. The Morgan fingerprint density at radius 1 is 1.08 bits per heavy atom. The number of carbonyl (C=O) groups is 4. The van der Waals surface area contributed by atoms with E-state index in [1.165, 1.54) is 30.4 Å². The van der Waals surface area contributed by atoms with E-state index in [1.54, 1.807) is 29.6 Å². The van der Waals surface area contributed by atoms with Gasteiger partial charge in [0.15, 0.2) is 12.4 Å². The van der Waals surface area contributed by atoms with Gasteiger partial charge in [0.25, 0.3) is 5.91 Å². The summed E-state index contributed by atoms with van der Waals surface area (Å²) >= 11 is 1.26. The number of amides is 2. The number of thiophene rings is 1. The molecule has 0 unspecified atom stereocenters. The average molecular weight is 360 g/mol. The summed E-state index contributed by atoms with van der Waals surface area (Å²) in [5.74, 6) is -1.66. The van der Waals surface area contributed by atoms with Crippen molar-refractivity contribution in [3.05, 3.63) is 52.2 Å². The van der Waals surface area contributed by atoms with Gasteiger partial charge in [-0.15, -0.1) is 11.3 Å². The lowest BCUT2D eigenvalue weighted by Gasteiger charge is -2.06. The molecular formula is C17H16N2O5S. The molecule has 0 atom stereocenters. The third kappa shape index (κ3) is 5.85. The summed E-state index contributed by atoms with van der Waals surface area (Å²) in [5.41, 5.74) is 0.918. The van der Waals surface area contributed by atoms with Crippen molar-refractivity contribution in [2.75, 3.05) is 18.5 Å². The van der Waals surface area contributed by atoms with Crippen LogP contribution in [-0.2, 0) is 14.3 Å². The first-order chi connectivity index (χ1) is 12.0. The maximum atomic E-state index is 12.0. The molecule has 0 aliphatic heterocycles. The summed E-state index contributed by atoms with van der Waals surface area (Å²) in [4.78, 5) is 46.6. The third-order valence-electron chi connectivity index (χ3n) is 3.03. The molecule has 8 heteroatoms. The Hall–Kier alpha value is -3.00. The molecule has 2 aromatic rings. The second kappa shape index (κ2) is 8.74. The number of carbonyl (C=O) groups excluding carboxylic acids is 4. The van der Waals surface area contributed by atoms with Gasteiger partial charge >= 0.3 is 5.97 Å². The monoisotopic (exact) mass is 360 g/mol. The van der Waals surface area contributed by atoms with Crippen molar-refractivity contribution in [3.8, 4) is 0 Å². The number of ether oxygens (including phenoxy) is 1. The number of hydrogen-bond donors (Lipinski definition) is 2. The summed E-state index contributed by atoms with van der Waals surface area (Å²) in [6.07, 6.45) is 0. The van der Waals surface area contributed by atoms with Crippen molar-refractivity contribution in [3.63, 3.8) is 0 Å². The molecule has 25 heavy (non-hydrogen) atoms. The molecule has 0 radical (unpaired) electrons. The first kappa shape index (κ1) is 18.3. The molecule has 130 valence electrons. The van der Waals surface area contributed by atoms with Crippen molar-refractivity contribution < 1.29 is 23.9 Å². The third-order valence-corrected chi connectivity index (χ3v) is 3.90. The normalized spacial score (nSPS) is 9.96. The number of rotatable bonds is 7. The van der Waals surface area contributed by atoms with Crippen molar-refractivity contribution in [1.29, 1.82) is 0 Å². The molecule has 1 heterocycles. The highest BCUT2D eigenvalue weighted by Gasteiger charge is 2.12. The van der Waals surface area contributed by atoms with Crippen LogP contribution in [0.3, 0.4) is 0 Å². The van der Waals surface area contributed by atoms with Gasteiger partial charge in [-0.2, -0.15) is 0 Å². The fraction of sp³-hybridized carbons (Fsp3) is 0.176. The minimum absolute atomic E-state index is 0.211. The van der Waals surface area contributed by atoms with E-state index in [2.05, 4.69) is 10.6 Å². The van der Waals surface area contributed by atoms with E-state index in [0.717, 1.165) is 0 Å². The molecule has 0 aliphatic rings. The Bertz CT molecular complexity index is 769. The van der Waals surface area contributed by atoms with Crippen molar-refractivity contribution in [2.24, 2.45) is 0 Å². The van der Waals surface area contributed by atoms with Crippen LogP contribution in [0.5, 0.6) is 0 Å². The largest absolute Gasteiger partial charge is 0.456 e. The Labute approximate surface area is 148 Å². The number of Topliss-reactive ketones (excluding diaryl/α,β-unsaturated/α-hetero) is 1. The smallest absolute Gasteiger partial charge is 0.325 e. The number of anilines is 1. The predicted molar refractivity (Wildman–Crippen MR) is 92.7 cm³/mol. The first-order valence-corrected chi connectivity index (χ1v) is 8.22. The average Bonchev–Trinajstić information content (AvgIpc) is 3.12. The van der Waals surface area contributed by atoms with Crippen molar-refractivity contribution >= 4 is 40.6 Å². The lowest BCUT2D eigenvalue weighted by Crippen LogP contribution is -2.31. The second-order valence-corrected chi connectivity index (χ2v) is 5.95. The summed E-state index contributed by atoms with van der Waals surface area (Å²) in [5, 5.41) is 6.76. The summed E-state index contributed by atoms with van der Waals surface area (Å²) in [6, 6.07) is 9.59. The number of hydrogen-bond acceptors (Lipinski definition) is 6. The lowest BCUT2D eigenvalue weighted by atomic mass is 10.1. The van der Waals surface area contributed by atoms with Crippen LogP contribution >= 0.6 is 11.3 Å². The Kier molecular flexibility index (Phi) is 6.41. The molecular weight excluding hydrogens is 344 g/mol. The van der Waals surface area contributed by atoms with Crippen molar-refractivity contribution in [2.45, 2.75) is 6.92 Å². The van der Waals surface area contributed by atoms with Crippen LogP contribution in [0, 0.1) is 0 Å². The van der Waals surface area contributed by atoms with Gasteiger partial charge in [-0.1, -0.05) is 6.07 Å². The molecule has 0 bridgehead atoms. The number of nitrogens with one attached hydrogen (secondary N) is 2. The quantitative estimate of drug-likeness (QED) is 0.580. The van der Waals surface area contributed by atoms with Gasteiger partial charge in [-0.05, 0) is 35.7 Å². The highest BCUT2D eigenvalue weighted by Crippen LogP contribution is 2.10. The predicted octanol–water partition coefficient (Wildman–Crippen LogP) is 1.86. The molecule has 0 fully saturated rings. The molecule has 0 aliphatic carbocycles. The van der Waals surface area contributed by atoms with Crippen molar-refractivity contribution in [1.82, 2.24) is 5.32 Å². The van der Waals surface area contributed by atoms with Gasteiger partial charge in [0.2, 0.25) is 5.91 Å². The minimum atomic E-state index is -0.701. The zero-order valence-electron chi connectivity index (χ0n) is 13.4. The van der Waals surface area contributed by atoms with E-state index in [9.17, 15) is 19.2 Å². The number of esters is 1. The van der Waals surface area contributed by atoms with E-state index < -0.39 is 12.6 Å². The zero-order valence-corrected chi connectivity index (χ0v) is 14.2. The van der Waals surface area contributed by atoms with E-state index in [0.29, 0.717) is 16.1 Å². The lowest BCUT2D eigenvalue weighted by molar-refractivity contribution is -0.141. The van der Waals surface area contributed by atoms with Gasteiger partial charge in [0, 0.05) is 18.2 Å². The van der Waals surface area contributed by atoms with Crippen LogP contribution in [-0.4, -0.2) is 36.7 Å². The van der Waals surface area contributed by atoms with Crippen LogP contribution in [0.4, 0.5) is 5.69 Å². The number of ketones is 1. The minimum Gasteiger partial charge on any atom is -0.456 e. The van der Waals surface area contributed by atoms with E-state index in [-0.39, 0.29) is 24.1 Å². The van der Waals surface area contributed by atoms with Crippen LogP contribution < -0.4 is 10.6 Å². The SMILES string of the molecule is CC(=O)Nc1ccc(C(=O)COC(=O)CNC(=O)c2cccs2)cc1. The Morgan fingerprint density at radius 3 is 2.40 bits per heavy atom. The highest BCUT2D eigenvalue weighted by atomic mass is 32.1. The summed E-state index contributed by atoms with van der Waals surface area (Å²) in [6.45, 7) is 0.647. The molecule has 7 nitrogen and oxygen atoms in total. The fourth-order valence-corrected chi connectivity index (χ4v) is 2.51. The van der Waals surface area contributed by atoms with E-state index >= 15 is 0 Å². The summed E-state index contributed by atoms with van der Waals surface area (Å²) < 4.78 is 4.85. The Balaban J connectivity index is 1.76. The van der Waals surface area contributed by atoms with Gasteiger partial charge < -0.3 is 15.4 Å². The van der Waals surface area contributed by atoms with Gasteiger partial charge in [0.1, 0.15) is 6.54 Å². The molecule has 0 saturated carbocycles. The molecule has 1 aromatic heterocycles. The van der Waals surface area contributed by atoms with Crippen LogP contribution in [0.2, 0.25) is 0 Å². The molecule has 2 amide bonds. The van der Waals surface area contributed by atoms with Gasteiger partial charge in [-0.3, -0.25) is 19.2 Å². The maximum Gasteiger partial charge on any atom is 0.325 e. The fourth-order valence-electron chi connectivity index (χ4n) is 1.87. The van der Waals surface area contributed by atoms with E-state index in [4.69, 9.17) is 4.74 Å². The van der Waals surface area contributed by atoms with E-state index in [1.807, 2.05) is 0 Å². The van der Waals surface area contributed by atoms with Crippen LogP contribution in [0.1, 0.15) is 27.0 Å². The highest BCUT2D eigenvalue weighted by molar-refractivity contribution is 7.12. The molecule has 1 aromatic carbocycles. The molecule has 2 rings (SSSR count). The second-order valence-electron chi connectivity index (χ2n) is 5.00. The maximum absolute atomic E-state index is 12.0. The van der Waals surface area contributed by atoms with Crippen LogP contribution in [0.25, 0.3) is 0 Å². The van der Waals surface area contributed by atoms with Gasteiger partial charge in [0.05, 0.1) is 4.88 Å². The summed E-state index contributed by atoms with van der Waals surface area (Å²) in [7, 11) is 0. The molecule has 0 saturated heterocycles. The van der Waals surface area contributed by atoms with Gasteiger partial charge in [-0.25, -0.2) is 0 Å². The number of benzene rings is 1. The zero-order chi connectivity index (χ0) is 18.2. The standard InChI is InChI=1S/C17H16N2O5S/c1-11(20)19-13-6-4-12(5-7-13)14(21)10-24-16(22)9-18-17(23)15-3-2-8-25-15/h2-8H,9-10H2,1H3,(H,18,23)(H,19,20). The van der Waals surface area contributed by atoms with Crippen LogP contribution in [0.15, 0.2) is 41.8 Å².